The molecule has 5 nitrogen and oxygen atoms in total. The first-order valence-corrected chi connectivity index (χ1v) is 8.18. The lowest BCUT2D eigenvalue weighted by Crippen LogP contribution is -2.38. The van der Waals surface area contributed by atoms with Gasteiger partial charge in [-0.25, -0.2) is 0 Å². The van der Waals surface area contributed by atoms with Gasteiger partial charge in [-0.1, -0.05) is 57.0 Å². The summed E-state index contributed by atoms with van der Waals surface area (Å²) in [5.41, 5.74) is -0.268. The molecule has 0 aliphatic heterocycles. The van der Waals surface area contributed by atoms with Gasteiger partial charge in [0.25, 0.3) is 0 Å². The highest BCUT2D eigenvalue weighted by Crippen LogP contribution is 2.24. The summed E-state index contributed by atoms with van der Waals surface area (Å²) in [7, 11) is 0. The molecule has 0 saturated carbocycles. The van der Waals surface area contributed by atoms with E-state index in [0.717, 1.165) is 18.4 Å². The molecule has 0 fully saturated rings. The number of benzene rings is 1. The molecule has 1 rings (SSSR count). The van der Waals surface area contributed by atoms with E-state index in [9.17, 15) is 14.7 Å². The standard InChI is InChI=1S/C18H27NO4/c1-3-10-18(23,11-4-2)13-16(20)19-15(12-17(21)22)14-8-6-5-7-9-14/h5-9,15,23H,3-4,10-13H2,1-2H3,(H,19,20)(H,21,22). The van der Waals surface area contributed by atoms with Gasteiger partial charge in [0.2, 0.25) is 5.91 Å². The summed E-state index contributed by atoms with van der Waals surface area (Å²) in [5.74, 6) is -1.29. The van der Waals surface area contributed by atoms with Crippen LogP contribution in [-0.4, -0.2) is 27.7 Å². The average molecular weight is 321 g/mol. The Labute approximate surface area is 137 Å². The molecule has 1 aromatic rings. The van der Waals surface area contributed by atoms with Gasteiger partial charge >= 0.3 is 5.97 Å². The van der Waals surface area contributed by atoms with Crippen LogP contribution in [0.3, 0.4) is 0 Å². The fourth-order valence-corrected chi connectivity index (χ4v) is 2.89. The minimum absolute atomic E-state index is 0.00235. The number of rotatable bonds is 10. The van der Waals surface area contributed by atoms with Crippen molar-refractivity contribution in [2.24, 2.45) is 0 Å². The zero-order valence-electron chi connectivity index (χ0n) is 13.9. The van der Waals surface area contributed by atoms with E-state index in [1.54, 1.807) is 24.3 Å². The van der Waals surface area contributed by atoms with Gasteiger partial charge in [0.15, 0.2) is 0 Å². The Kier molecular flexibility index (Phi) is 7.75. The number of aliphatic hydroxyl groups is 1. The van der Waals surface area contributed by atoms with Gasteiger partial charge in [-0.3, -0.25) is 9.59 Å². The molecule has 23 heavy (non-hydrogen) atoms. The molecule has 3 N–H and O–H groups in total. The number of hydrogen-bond donors (Lipinski definition) is 3. The first kappa shape index (κ1) is 19.2. The summed E-state index contributed by atoms with van der Waals surface area (Å²) in [6, 6.07) is 8.44. The van der Waals surface area contributed by atoms with Gasteiger partial charge in [0, 0.05) is 0 Å². The number of aliphatic carboxylic acids is 1. The number of carboxylic acids is 1. The van der Waals surface area contributed by atoms with Crippen LogP contribution in [0.2, 0.25) is 0 Å². The van der Waals surface area contributed by atoms with Crippen LogP contribution in [0, 0.1) is 0 Å². The Bertz CT molecular complexity index is 495. The van der Waals surface area contributed by atoms with Crippen LogP contribution in [0.1, 0.15) is 64.0 Å². The van der Waals surface area contributed by atoms with Crippen LogP contribution in [0.4, 0.5) is 0 Å². The molecule has 0 aliphatic carbocycles. The molecule has 1 aromatic carbocycles. The zero-order chi connectivity index (χ0) is 17.3. The molecule has 1 amide bonds. The first-order chi connectivity index (χ1) is 10.9. The summed E-state index contributed by atoms with van der Waals surface area (Å²) in [4.78, 5) is 23.4. The summed E-state index contributed by atoms with van der Waals surface area (Å²) >= 11 is 0. The molecule has 0 aromatic heterocycles. The topological polar surface area (TPSA) is 86.6 Å². The van der Waals surface area contributed by atoms with Gasteiger partial charge < -0.3 is 15.5 Å². The van der Waals surface area contributed by atoms with Crippen molar-refractivity contribution in [3.63, 3.8) is 0 Å². The summed E-state index contributed by atoms with van der Waals surface area (Å²) in [6.45, 7) is 3.94. The highest BCUT2D eigenvalue weighted by atomic mass is 16.4. The lowest BCUT2D eigenvalue weighted by Gasteiger charge is -2.28. The van der Waals surface area contributed by atoms with Gasteiger partial charge in [-0.2, -0.15) is 0 Å². The Morgan fingerprint density at radius 1 is 1.13 bits per heavy atom. The van der Waals surface area contributed by atoms with Gasteiger partial charge in [0.05, 0.1) is 24.5 Å². The summed E-state index contributed by atoms with van der Waals surface area (Å²) in [5, 5.41) is 22.4. The van der Waals surface area contributed by atoms with E-state index in [4.69, 9.17) is 5.11 Å². The Balaban J connectivity index is 2.78. The predicted octanol–water partition coefficient (Wildman–Crippen LogP) is 3.04. The molecule has 0 radical (unpaired) electrons. The van der Waals surface area contributed by atoms with Crippen molar-refractivity contribution in [1.29, 1.82) is 0 Å². The third kappa shape index (κ3) is 6.82. The third-order valence-corrected chi connectivity index (χ3v) is 3.84. The maximum atomic E-state index is 12.3. The van der Waals surface area contributed by atoms with Crippen molar-refractivity contribution < 1.29 is 19.8 Å². The fraction of sp³-hybridized carbons (Fsp3) is 0.556. The normalized spacial score (nSPS) is 12.7. The molecule has 1 unspecified atom stereocenters. The molecule has 0 heterocycles. The smallest absolute Gasteiger partial charge is 0.305 e. The van der Waals surface area contributed by atoms with Crippen LogP contribution >= 0.6 is 0 Å². The predicted molar refractivity (Wildman–Crippen MR) is 89.0 cm³/mol. The monoisotopic (exact) mass is 321 g/mol. The van der Waals surface area contributed by atoms with E-state index >= 15 is 0 Å². The number of carbonyl (C=O) groups excluding carboxylic acids is 1. The molecule has 0 saturated heterocycles. The fourth-order valence-electron chi connectivity index (χ4n) is 2.89. The molecular weight excluding hydrogens is 294 g/mol. The van der Waals surface area contributed by atoms with Crippen LogP contribution in [0.25, 0.3) is 0 Å². The van der Waals surface area contributed by atoms with Crippen LogP contribution < -0.4 is 5.32 Å². The van der Waals surface area contributed by atoms with E-state index < -0.39 is 17.6 Å². The van der Waals surface area contributed by atoms with E-state index in [0.29, 0.717) is 12.8 Å². The number of amides is 1. The maximum absolute atomic E-state index is 12.3. The van der Waals surface area contributed by atoms with Crippen molar-refractivity contribution in [3.05, 3.63) is 35.9 Å². The van der Waals surface area contributed by atoms with E-state index in [1.165, 1.54) is 0 Å². The first-order valence-electron chi connectivity index (χ1n) is 8.18. The largest absolute Gasteiger partial charge is 0.481 e. The minimum atomic E-state index is -1.02. The van der Waals surface area contributed by atoms with E-state index in [-0.39, 0.29) is 18.7 Å². The van der Waals surface area contributed by atoms with E-state index in [1.807, 2.05) is 19.9 Å². The molecule has 0 spiro atoms. The number of nitrogens with one attached hydrogen (secondary N) is 1. The van der Waals surface area contributed by atoms with E-state index in [2.05, 4.69) is 5.32 Å². The van der Waals surface area contributed by atoms with Crippen molar-refractivity contribution in [3.8, 4) is 0 Å². The second kappa shape index (κ2) is 9.30. The zero-order valence-corrected chi connectivity index (χ0v) is 13.9. The van der Waals surface area contributed by atoms with Gasteiger partial charge in [-0.05, 0) is 18.4 Å². The quantitative estimate of drug-likeness (QED) is 0.618. The van der Waals surface area contributed by atoms with Crippen LogP contribution in [0.15, 0.2) is 30.3 Å². The van der Waals surface area contributed by atoms with Gasteiger partial charge in [-0.15, -0.1) is 0 Å². The second-order valence-electron chi connectivity index (χ2n) is 6.03. The summed E-state index contributed by atoms with van der Waals surface area (Å²) in [6.07, 6.45) is 2.52. The van der Waals surface area contributed by atoms with Crippen LogP contribution in [0.5, 0.6) is 0 Å². The number of carbonyl (C=O) groups is 2. The van der Waals surface area contributed by atoms with Crippen molar-refractivity contribution in [1.82, 2.24) is 5.32 Å². The lowest BCUT2D eigenvalue weighted by atomic mass is 9.88. The minimum Gasteiger partial charge on any atom is -0.481 e. The van der Waals surface area contributed by atoms with Crippen molar-refractivity contribution in [2.75, 3.05) is 0 Å². The average Bonchev–Trinajstić information content (AvgIpc) is 2.47. The van der Waals surface area contributed by atoms with Crippen molar-refractivity contribution >= 4 is 11.9 Å². The Morgan fingerprint density at radius 2 is 1.70 bits per heavy atom. The number of carboxylic acid groups (broad SMARTS) is 1. The Morgan fingerprint density at radius 3 is 2.17 bits per heavy atom. The third-order valence-electron chi connectivity index (χ3n) is 3.84. The Hall–Kier alpha value is -1.88. The van der Waals surface area contributed by atoms with Crippen molar-refractivity contribution in [2.45, 2.75) is 64.0 Å². The van der Waals surface area contributed by atoms with Crippen LogP contribution in [-0.2, 0) is 9.59 Å². The maximum Gasteiger partial charge on any atom is 0.305 e. The molecular formula is C18H27NO4. The highest BCUT2D eigenvalue weighted by molar-refractivity contribution is 5.78. The van der Waals surface area contributed by atoms with Gasteiger partial charge in [0.1, 0.15) is 0 Å². The molecule has 0 aliphatic rings. The molecule has 1 atom stereocenters. The second-order valence-corrected chi connectivity index (χ2v) is 6.03. The molecule has 0 bridgehead atoms. The highest BCUT2D eigenvalue weighted by Gasteiger charge is 2.29. The SMILES string of the molecule is CCCC(O)(CCC)CC(=O)NC(CC(=O)O)c1ccccc1. The summed E-state index contributed by atoms with van der Waals surface area (Å²) < 4.78 is 0. The molecule has 128 valence electrons. The lowest BCUT2D eigenvalue weighted by molar-refractivity contribution is -0.138. The number of hydrogen-bond acceptors (Lipinski definition) is 3. The molecule has 5 heteroatoms.